The molecule has 2 aromatic carbocycles. The molecular formula is C17H15NO3. The summed E-state index contributed by atoms with van der Waals surface area (Å²) in [6.07, 6.45) is 2.49. The third kappa shape index (κ3) is 4.31. The molecule has 0 spiro atoms. The van der Waals surface area contributed by atoms with Crippen molar-refractivity contribution < 1.29 is 14.7 Å². The lowest BCUT2D eigenvalue weighted by Gasteiger charge is -2.06. The predicted molar refractivity (Wildman–Crippen MR) is 82.2 cm³/mol. The van der Waals surface area contributed by atoms with Crippen LogP contribution in [0, 0.1) is 6.92 Å². The van der Waals surface area contributed by atoms with Crippen LogP contribution in [0.5, 0.6) is 0 Å². The molecule has 0 saturated heterocycles. The summed E-state index contributed by atoms with van der Waals surface area (Å²) in [5, 5.41) is 11.4. The minimum Gasteiger partial charge on any atom is -0.478 e. The molecule has 0 heterocycles. The summed E-state index contributed by atoms with van der Waals surface area (Å²) < 4.78 is 0. The molecule has 0 unspecified atom stereocenters. The van der Waals surface area contributed by atoms with E-state index in [0.717, 1.165) is 17.3 Å². The van der Waals surface area contributed by atoms with Gasteiger partial charge in [-0.05, 0) is 42.8 Å². The number of amides is 1. The number of carboxylic acid groups (broad SMARTS) is 1. The summed E-state index contributed by atoms with van der Waals surface area (Å²) in [5.74, 6) is -1.26. The summed E-state index contributed by atoms with van der Waals surface area (Å²) >= 11 is 0. The Morgan fingerprint density at radius 1 is 1.10 bits per heavy atom. The van der Waals surface area contributed by atoms with Gasteiger partial charge in [-0.15, -0.1) is 0 Å². The number of carboxylic acids is 1. The number of nitrogens with one attached hydrogen (secondary N) is 1. The van der Waals surface area contributed by atoms with Gasteiger partial charge in [-0.25, -0.2) is 4.79 Å². The SMILES string of the molecule is Cc1ccc(NC(=O)c2cccc(C=CC(=O)O)c2)cc1. The second kappa shape index (κ2) is 6.52. The highest BCUT2D eigenvalue weighted by atomic mass is 16.4. The fourth-order valence-corrected chi connectivity index (χ4v) is 1.79. The molecule has 4 heteroatoms. The molecule has 0 atom stereocenters. The highest BCUT2D eigenvalue weighted by molar-refractivity contribution is 6.04. The quantitative estimate of drug-likeness (QED) is 0.845. The predicted octanol–water partition coefficient (Wildman–Crippen LogP) is 3.35. The van der Waals surface area contributed by atoms with Crippen molar-refractivity contribution in [3.63, 3.8) is 0 Å². The van der Waals surface area contributed by atoms with Crippen molar-refractivity contribution in [2.24, 2.45) is 0 Å². The lowest BCUT2D eigenvalue weighted by molar-refractivity contribution is -0.131. The van der Waals surface area contributed by atoms with E-state index >= 15 is 0 Å². The van der Waals surface area contributed by atoms with E-state index in [0.29, 0.717) is 11.1 Å². The fourth-order valence-electron chi connectivity index (χ4n) is 1.79. The molecule has 0 radical (unpaired) electrons. The summed E-state index contributed by atoms with van der Waals surface area (Å²) in [4.78, 5) is 22.6. The summed E-state index contributed by atoms with van der Waals surface area (Å²) in [5.41, 5.74) is 2.97. The number of hydrogen-bond donors (Lipinski definition) is 2. The molecule has 1 amide bonds. The van der Waals surface area contributed by atoms with E-state index in [1.165, 1.54) is 6.08 Å². The Bertz CT molecular complexity index is 687. The molecule has 2 N–H and O–H groups in total. The van der Waals surface area contributed by atoms with Crippen LogP contribution < -0.4 is 5.32 Å². The smallest absolute Gasteiger partial charge is 0.328 e. The van der Waals surface area contributed by atoms with Gasteiger partial charge in [0.1, 0.15) is 0 Å². The Kier molecular flexibility index (Phi) is 4.51. The molecule has 106 valence electrons. The van der Waals surface area contributed by atoms with Gasteiger partial charge in [-0.3, -0.25) is 4.79 Å². The molecule has 4 nitrogen and oxygen atoms in total. The zero-order valence-electron chi connectivity index (χ0n) is 11.5. The molecule has 0 saturated carbocycles. The van der Waals surface area contributed by atoms with E-state index < -0.39 is 5.97 Å². The lowest BCUT2D eigenvalue weighted by atomic mass is 10.1. The third-order valence-electron chi connectivity index (χ3n) is 2.88. The lowest BCUT2D eigenvalue weighted by Crippen LogP contribution is -2.11. The standard InChI is InChI=1S/C17H15NO3/c1-12-5-8-15(9-6-12)18-17(21)14-4-2-3-13(11-14)7-10-16(19)20/h2-11H,1H3,(H,18,21)(H,19,20). The van der Waals surface area contributed by atoms with Gasteiger partial charge in [0.2, 0.25) is 0 Å². The van der Waals surface area contributed by atoms with Crippen LogP contribution in [0.3, 0.4) is 0 Å². The monoisotopic (exact) mass is 281 g/mol. The van der Waals surface area contributed by atoms with Crippen molar-refractivity contribution in [1.82, 2.24) is 0 Å². The molecule has 0 aromatic heterocycles. The number of carbonyl (C=O) groups excluding carboxylic acids is 1. The van der Waals surface area contributed by atoms with E-state index in [9.17, 15) is 9.59 Å². The van der Waals surface area contributed by atoms with Crippen LogP contribution in [-0.4, -0.2) is 17.0 Å². The molecule has 0 fully saturated rings. The number of hydrogen-bond acceptors (Lipinski definition) is 2. The first-order valence-corrected chi connectivity index (χ1v) is 6.44. The third-order valence-corrected chi connectivity index (χ3v) is 2.88. The van der Waals surface area contributed by atoms with Gasteiger partial charge in [0.05, 0.1) is 0 Å². The number of aryl methyl sites for hydroxylation is 1. The summed E-state index contributed by atoms with van der Waals surface area (Å²) in [6, 6.07) is 14.3. The van der Waals surface area contributed by atoms with Crippen molar-refractivity contribution in [2.75, 3.05) is 5.32 Å². The minimum atomic E-state index is -1.02. The number of carbonyl (C=O) groups is 2. The first kappa shape index (κ1) is 14.5. The van der Waals surface area contributed by atoms with Crippen molar-refractivity contribution in [3.8, 4) is 0 Å². The molecule has 0 aliphatic carbocycles. The Morgan fingerprint density at radius 3 is 2.48 bits per heavy atom. The maximum atomic E-state index is 12.1. The van der Waals surface area contributed by atoms with Crippen molar-refractivity contribution in [3.05, 3.63) is 71.3 Å². The summed E-state index contributed by atoms with van der Waals surface area (Å²) in [6.45, 7) is 1.98. The average molecular weight is 281 g/mol. The molecule has 2 aromatic rings. The Labute approximate surface area is 122 Å². The van der Waals surface area contributed by atoms with E-state index in [2.05, 4.69) is 5.32 Å². The zero-order chi connectivity index (χ0) is 15.2. The Hall–Kier alpha value is -2.88. The van der Waals surface area contributed by atoms with Crippen LogP contribution in [0.1, 0.15) is 21.5 Å². The molecular weight excluding hydrogens is 266 g/mol. The van der Waals surface area contributed by atoms with Gasteiger partial charge >= 0.3 is 5.97 Å². The molecule has 0 aliphatic rings. The Balaban J connectivity index is 2.14. The Morgan fingerprint density at radius 2 is 1.81 bits per heavy atom. The maximum absolute atomic E-state index is 12.1. The molecule has 0 aliphatic heterocycles. The van der Waals surface area contributed by atoms with E-state index in [4.69, 9.17) is 5.11 Å². The van der Waals surface area contributed by atoms with Gasteiger partial charge in [0, 0.05) is 17.3 Å². The number of rotatable bonds is 4. The van der Waals surface area contributed by atoms with Gasteiger partial charge < -0.3 is 10.4 Å². The van der Waals surface area contributed by atoms with Crippen LogP contribution in [-0.2, 0) is 4.79 Å². The largest absolute Gasteiger partial charge is 0.478 e. The van der Waals surface area contributed by atoms with Gasteiger partial charge in [0.15, 0.2) is 0 Å². The maximum Gasteiger partial charge on any atom is 0.328 e. The highest BCUT2D eigenvalue weighted by Gasteiger charge is 2.06. The first-order chi connectivity index (χ1) is 10.0. The van der Waals surface area contributed by atoms with Crippen LogP contribution in [0.25, 0.3) is 6.08 Å². The highest BCUT2D eigenvalue weighted by Crippen LogP contribution is 2.12. The topological polar surface area (TPSA) is 66.4 Å². The van der Waals surface area contributed by atoms with E-state index in [-0.39, 0.29) is 5.91 Å². The molecule has 0 bridgehead atoms. The van der Waals surface area contributed by atoms with Gasteiger partial charge in [-0.2, -0.15) is 0 Å². The number of anilines is 1. The van der Waals surface area contributed by atoms with Crippen LogP contribution in [0.15, 0.2) is 54.6 Å². The average Bonchev–Trinajstić information content (AvgIpc) is 2.48. The number of aliphatic carboxylic acids is 1. The van der Waals surface area contributed by atoms with Crippen LogP contribution in [0.2, 0.25) is 0 Å². The normalized spacial score (nSPS) is 10.5. The first-order valence-electron chi connectivity index (χ1n) is 6.44. The second-order valence-corrected chi connectivity index (χ2v) is 4.62. The van der Waals surface area contributed by atoms with Crippen LogP contribution >= 0.6 is 0 Å². The van der Waals surface area contributed by atoms with E-state index in [1.807, 2.05) is 31.2 Å². The van der Waals surface area contributed by atoms with Crippen molar-refractivity contribution >= 4 is 23.6 Å². The fraction of sp³-hybridized carbons (Fsp3) is 0.0588. The van der Waals surface area contributed by atoms with E-state index in [1.54, 1.807) is 24.3 Å². The summed E-state index contributed by atoms with van der Waals surface area (Å²) in [7, 11) is 0. The zero-order valence-corrected chi connectivity index (χ0v) is 11.5. The van der Waals surface area contributed by atoms with Crippen molar-refractivity contribution in [2.45, 2.75) is 6.92 Å². The molecule has 2 rings (SSSR count). The van der Waals surface area contributed by atoms with Crippen LogP contribution in [0.4, 0.5) is 5.69 Å². The van der Waals surface area contributed by atoms with Gasteiger partial charge in [-0.1, -0.05) is 29.8 Å². The van der Waals surface area contributed by atoms with Crippen molar-refractivity contribution in [1.29, 1.82) is 0 Å². The molecule has 21 heavy (non-hydrogen) atoms. The van der Waals surface area contributed by atoms with Gasteiger partial charge in [0.25, 0.3) is 5.91 Å². The number of benzene rings is 2. The second-order valence-electron chi connectivity index (χ2n) is 4.62. The minimum absolute atomic E-state index is 0.232.